The standard InChI is InChI=1S/C16H21N3O2/c1-2-6-13(7-3-1)12-20-11-9-15-18-16(21-19-15)14-8-4-5-10-17-14/h1-3,6-7,14,17H,4-5,8-12H2. The van der Waals surface area contributed by atoms with Crippen molar-refractivity contribution in [2.45, 2.75) is 38.3 Å². The van der Waals surface area contributed by atoms with Gasteiger partial charge in [0.15, 0.2) is 5.82 Å². The molecule has 1 aromatic heterocycles. The van der Waals surface area contributed by atoms with Gasteiger partial charge in [-0.2, -0.15) is 4.98 Å². The molecule has 1 saturated heterocycles. The predicted octanol–water partition coefficient (Wildman–Crippen LogP) is 2.64. The van der Waals surface area contributed by atoms with Gasteiger partial charge in [0.05, 0.1) is 19.3 Å². The van der Waals surface area contributed by atoms with Crippen LogP contribution >= 0.6 is 0 Å². The van der Waals surface area contributed by atoms with E-state index in [-0.39, 0.29) is 6.04 Å². The van der Waals surface area contributed by atoms with Crippen molar-refractivity contribution in [3.8, 4) is 0 Å². The van der Waals surface area contributed by atoms with E-state index in [9.17, 15) is 0 Å². The van der Waals surface area contributed by atoms with E-state index in [0.29, 0.717) is 25.5 Å². The molecule has 0 radical (unpaired) electrons. The van der Waals surface area contributed by atoms with Gasteiger partial charge in [0, 0.05) is 6.42 Å². The van der Waals surface area contributed by atoms with Crippen LogP contribution in [0, 0.1) is 0 Å². The van der Waals surface area contributed by atoms with E-state index >= 15 is 0 Å². The number of piperidine rings is 1. The van der Waals surface area contributed by atoms with Crippen molar-refractivity contribution >= 4 is 0 Å². The van der Waals surface area contributed by atoms with Crippen molar-refractivity contribution < 1.29 is 9.26 Å². The van der Waals surface area contributed by atoms with Gasteiger partial charge in [0.25, 0.3) is 0 Å². The molecule has 0 saturated carbocycles. The summed E-state index contributed by atoms with van der Waals surface area (Å²) in [5, 5.41) is 7.44. The summed E-state index contributed by atoms with van der Waals surface area (Å²) in [6.07, 6.45) is 4.20. The molecule has 1 aliphatic rings. The van der Waals surface area contributed by atoms with Crippen LogP contribution in [0.1, 0.15) is 42.6 Å². The third-order valence-corrected chi connectivity index (χ3v) is 3.67. The summed E-state index contributed by atoms with van der Waals surface area (Å²) in [4.78, 5) is 4.46. The predicted molar refractivity (Wildman–Crippen MR) is 78.7 cm³/mol. The molecule has 2 aromatic rings. The first-order valence-corrected chi connectivity index (χ1v) is 7.59. The molecule has 112 valence electrons. The van der Waals surface area contributed by atoms with Crippen LogP contribution in [0.5, 0.6) is 0 Å². The number of benzene rings is 1. The monoisotopic (exact) mass is 287 g/mol. The second-order valence-corrected chi connectivity index (χ2v) is 5.34. The molecule has 0 amide bonds. The SMILES string of the molecule is c1ccc(COCCc2noc(C3CCCCN3)n2)cc1. The summed E-state index contributed by atoms with van der Waals surface area (Å²) in [5.41, 5.74) is 1.18. The topological polar surface area (TPSA) is 60.2 Å². The van der Waals surface area contributed by atoms with Crippen molar-refractivity contribution in [3.05, 3.63) is 47.6 Å². The maximum atomic E-state index is 5.64. The van der Waals surface area contributed by atoms with Gasteiger partial charge in [-0.05, 0) is 24.9 Å². The number of rotatable bonds is 6. The fraction of sp³-hybridized carbons (Fsp3) is 0.500. The van der Waals surface area contributed by atoms with Gasteiger partial charge in [-0.25, -0.2) is 0 Å². The van der Waals surface area contributed by atoms with Crippen LogP contribution in [-0.4, -0.2) is 23.3 Å². The Hall–Kier alpha value is -1.72. The van der Waals surface area contributed by atoms with E-state index in [4.69, 9.17) is 9.26 Å². The summed E-state index contributed by atoms with van der Waals surface area (Å²) >= 11 is 0. The minimum absolute atomic E-state index is 0.227. The number of aromatic nitrogens is 2. The highest BCUT2D eigenvalue weighted by atomic mass is 16.5. The summed E-state index contributed by atoms with van der Waals surface area (Å²) in [5.74, 6) is 1.44. The average molecular weight is 287 g/mol. The zero-order chi connectivity index (χ0) is 14.3. The Balaban J connectivity index is 1.42. The normalized spacial score (nSPS) is 18.8. The highest BCUT2D eigenvalue weighted by Gasteiger charge is 2.20. The van der Waals surface area contributed by atoms with Gasteiger partial charge in [-0.1, -0.05) is 41.9 Å². The summed E-state index contributed by atoms with van der Waals surface area (Å²) < 4.78 is 11.0. The molecule has 1 aliphatic heterocycles. The minimum atomic E-state index is 0.227. The molecule has 0 aliphatic carbocycles. The Morgan fingerprint density at radius 1 is 1.24 bits per heavy atom. The van der Waals surface area contributed by atoms with Crippen LogP contribution < -0.4 is 5.32 Å². The molecule has 1 N–H and O–H groups in total. The zero-order valence-corrected chi connectivity index (χ0v) is 12.1. The highest BCUT2D eigenvalue weighted by molar-refractivity contribution is 5.13. The molecule has 5 heteroatoms. The number of nitrogens with zero attached hydrogens (tertiary/aromatic N) is 2. The van der Waals surface area contributed by atoms with E-state index in [1.54, 1.807) is 0 Å². The number of nitrogens with one attached hydrogen (secondary N) is 1. The van der Waals surface area contributed by atoms with Crippen molar-refractivity contribution in [2.24, 2.45) is 0 Å². The van der Waals surface area contributed by atoms with E-state index in [1.165, 1.54) is 18.4 Å². The maximum absolute atomic E-state index is 5.64. The van der Waals surface area contributed by atoms with E-state index in [2.05, 4.69) is 27.6 Å². The molecule has 21 heavy (non-hydrogen) atoms. The van der Waals surface area contributed by atoms with Gasteiger partial charge in [-0.3, -0.25) is 0 Å². The molecular formula is C16H21N3O2. The highest BCUT2D eigenvalue weighted by Crippen LogP contribution is 2.21. The lowest BCUT2D eigenvalue weighted by Crippen LogP contribution is -2.27. The number of hydrogen-bond acceptors (Lipinski definition) is 5. The summed E-state index contributed by atoms with van der Waals surface area (Å²) in [6.45, 7) is 2.25. The molecule has 2 heterocycles. The third kappa shape index (κ3) is 4.12. The first-order chi connectivity index (χ1) is 10.4. The Morgan fingerprint density at radius 3 is 2.95 bits per heavy atom. The molecule has 5 nitrogen and oxygen atoms in total. The van der Waals surface area contributed by atoms with Crippen molar-refractivity contribution in [1.29, 1.82) is 0 Å². The van der Waals surface area contributed by atoms with Crippen molar-refractivity contribution in [1.82, 2.24) is 15.5 Å². The second kappa shape index (κ2) is 7.33. The van der Waals surface area contributed by atoms with Crippen LogP contribution in [0.3, 0.4) is 0 Å². The molecule has 1 aromatic carbocycles. The van der Waals surface area contributed by atoms with Crippen LogP contribution in [0.15, 0.2) is 34.9 Å². The lowest BCUT2D eigenvalue weighted by Gasteiger charge is -2.19. The molecule has 1 atom stereocenters. The van der Waals surface area contributed by atoms with Crippen molar-refractivity contribution in [2.75, 3.05) is 13.2 Å². The Kier molecular flexibility index (Phi) is 4.97. The molecule has 0 bridgehead atoms. The Labute approximate surface area is 124 Å². The smallest absolute Gasteiger partial charge is 0.243 e. The fourth-order valence-corrected chi connectivity index (χ4v) is 2.50. The van der Waals surface area contributed by atoms with Crippen LogP contribution in [0.4, 0.5) is 0 Å². The van der Waals surface area contributed by atoms with Gasteiger partial charge in [0.1, 0.15) is 0 Å². The molecular weight excluding hydrogens is 266 g/mol. The molecule has 3 rings (SSSR count). The number of hydrogen-bond donors (Lipinski definition) is 1. The Bertz CT molecular complexity index is 535. The lowest BCUT2D eigenvalue weighted by molar-refractivity contribution is 0.122. The Morgan fingerprint density at radius 2 is 2.14 bits per heavy atom. The zero-order valence-electron chi connectivity index (χ0n) is 12.1. The van der Waals surface area contributed by atoms with E-state index in [0.717, 1.165) is 18.8 Å². The molecule has 1 fully saturated rings. The van der Waals surface area contributed by atoms with Gasteiger partial charge >= 0.3 is 0 Å². The quantitative estimate of drug-likeness (QED) is 0.828. The average Bonchev–Trinajstić information content (AvgIpc) is 3.02. The van der Waals surface area contributed by atoms with E-state index in [1.807, 2.05) is 18.2 Å². The first-order valence-electron chi connectivity index (χ1n) is 7.59. The lowest BCUT2D eigenvalue weighted by atomic mass is 10.1. The largest absolute Gasteiger partial charge is 0.376 e. The van der Waals surface area contributed by atoms with Crippen molar-refractivity contribution in [3.63, 3.8) is 0 Å². The van der Waals surface area contributed by atoms with Gasteiger partial charge in [-0.15, -0.1) is 0 Å². The second-order valence-electron chi connectivity index (χ2n) is 5.34. The van der Waals surface area contributed by atoms with Crippen LogP contribution in [-0.2, 0) is 17.8 Å². The minimum Gasteiger partial charge on any atom is -0.376 e. The first kappa shape index (κ1) is 14.2. The van der Waals surface area contributed by atoms with Crippen LogP contribution in [0.2, 0.25) is 0 Å². The maximum Gasteiger partial charge on any atom is 0.243 e. The van der Waals surface area contributed by atoms with Crippen LogP contribution in [0.25, 0.3) is 0 Å². The molecule has 1 unspecified atom stereocenters. The summed E-state index contributed by atoms with van der Waals surface area (Å²) in [7, 11) is 0. The number of ether oxygens (including phenoxy) is 1. The fourth-order valence-electron chi connectivity index (χ4n) is 2.50. The van der Waals surface area contributed by atoms with Gasteiger partial charge in [0.2, 0.25) is 5.89 Å². The third-order valence-electron chi connectivity index (χ3n) is 3.67. The molecule has 0 spiro atoms. The summed E-state index contributed by atoms with van der Waals surface area (Å²) in [6, 6.07) is 10.4. The van der Waals surface area contributed by atoms with Gasteiger partial charge < -0.3 is 14.6 Å². The van der Waals surface area contributed by atoms with E-state index < -0.39 is 0 Å².